The molecule has 0 aliphatic rings. The second-order valence-electron chi connectivity index (χ2n) is 3.70. The van der Waals surface area contributed by atoms with Gasteiger partial charge >= 0.3 is 0 Å². The first kappa shape index (κ1) is 12.1. The maximum Gasteiger partial charge on any atom is 0.134 e. The minimum Gasteiger partial charge on any atom is -0.496 e. The Hall–Kier alpha value is -1.33. The molecule has 0 amide bonds. The van der Waals surface area contributed by atoms with Crippen LogP contribution in [0.25, 0.3) is 0 Å². The molecule has 1 unspecified atom stereocenters. The summed E-state index contributed by atoms with van der Waals surface area (Å²) < 4.78 is 7.30. The monoisotopic (exact) mass is 251 g/mol. The van der Waals surface area contributed by atoms with E-state index in [0.717, 1.165) is 17.9 Å². The number of hydrogen-bond acceptors (Lipinski definition) is 4. The van der Waals surface area contributed by atoms with E-state index in [1.54, 1.807) is 18.4 Å². The summed E-state index contributed by atoms with van der Waals surface area (Å²) in [6, 6.07) is 2.14. The van der Waals surface area contributed by atoms with Crippen LogP contribution < -0.4 is 10.1 Å². The molecule has 0 fully saturated rings. The summed E-state index contributed by atoms with van der Waals surface area (Å²) in [5, 5.41) is 9.66. The number of hydrogen-bond donors (Lipinski definition) is 1. The van der Waals surface area contributed by atoms with Crippen molar-refractivity contribution < 1.29 is 4.74 Å². The van der Waals surface area contributed by atoms with Gasteiger partial charge < -0.3 is 10.1 Å². The Labute approximate surface area is 105 Å². The molecule has 2 heterocycles. The molecule has 92 valence electrons. The van der Waals surface area contributed by atoms with E-state index < -0.39 is 0 Å². The number of methoxy groups -OCH3 is 1. The molecule has 4 nitrogen and oxygen atoms in total. The predicted molar refractivity (Wildman–Crippen MR) is 69.7 cm³/mol. The van der Waals surface area contributed by atoms with Gasteiger partial charge in [-0.05, 0) is 25.4 Å². The van der Waals surface area contributed by atoms with Crippen molar-refractivity contribution in [2.24, 2.45) is 0 Å². The van der Waals surface area contributed by atoms with Gasteiger partial charge in [0.2, 0.25) is 0 Å². The minimum absolute atomic E-state index is 0.144. The minimum atomic E-state index is 0.144. The number of thiophene rings is 1. The molecular weight excluding hydrogens is 234 g/mol. The zero-order valence-electron chi connectivity index (χ0n) is 10.3. The molecule has 0 saturated carbocycles. The van der Waals surface area contributed by atoms with Gasteiger partial charge in [-0.15, -0.1) is 11.3 Å². The average molecular weight is 251 g/mol. The molecule has 17 heavy (non-hydrogen) atoms. The van der Waals surface area contributed by atoms with Crippen LogP contribution in [0.4, 0.5) is 0 Å². The lowest BCUT2D eigenvalue weighted by molar-refractivity contribution is 0.408. The summed E-state index contributed by atoms with van der Waals surface area (Å²) in [6.45, 7) is 2.97. The highest BCUT2D eigenvalue weighted by Gasteiger charge is 2.19. The van der Waals surface area contributed by atoms with Gasteiger partial charge in [-0.2, -0.15) is 5.10 Å². The van der Waals surface area contributed by atoms with Crippen LogP contribution in [0.3, 0.4) is 0 Å². The van der Waals surface area contributed by atoms with Gasteiger partial charge in [0.05, 0.1) is 24.2 Å². The van der Waals surface area contributed by atoms with Gasteiger partial charge in [0.1, 0.15) is 5.75 Å². The largest absolute Gasteiger partial charge is 0.496 e. The maximum atomic E-state index is 5.37. The van der Waals surface area contributed by atoms with Crippen LogP contribution >= 0.6 is 11.3 Å². The van der Waals surface area contributed by atoms with Crippen LogP contribution in [0.1, 0.15) is 23.4 Å². The van der Waals surface area contributed by atoms with Crippen LogP contribution in [0.5, 0.6) is 5.75 Å². The van der Waals surface area contributed by atoms with Gasteiger partial charge in [-0.1, -0.05) is 0 Å². The van der Waals surface area contributed by atoms with Crippen molar-refractivity contribution >= 4 is 11.3 Å². The highest BCUT2D eigenvalue weighted by atomic mass is 32.1. The Morgan fingerprint density at radius 3 is 3.00 bits per heavy atom. The highest BCUT2D eigenvalue weighted by molar-refractivity contribution is 7.10. The van der Waals surface area contributed by atoms with Gasteiger partial charge in [0.25, 0.3) is 0 Å². The van der Waals surface area contributed by atoms with Crippen molar-refractivity contribution in [1.29, 1.82) is 0 Å². The number of rotatable bonds is 5. The second kappa shape index (κ2) is 5.33. The van der Waals surface area contributed by atoms with Crippen LogP contribution in [-0.4, -0.2) is 23.9 Å². The fourth-order valence-corrected chi connectivity index (χ4v) is 2.83. The lowest BCUT2D eigenvalue weighted by atomic mass is 10.1. The van der Waals surface area contributed by atoms with E-state index >= 15 is 0 Å². The summed E-state index contributed by atoms with van der Waals surface area (Å²) in [7, 11) is 3.65. The Morgan fingerprint density at radius 2 is 2.41 bits per heavy atom. The summed E-state index contributed by atoms with van der Waals surface area (Å²) in [6.07, 6.45) is 3.98. The molecule has 0 saturated heterocycles. The summed E-state index contributed by atoms with van der Waals surface area (Å²) in [4.78, 5) is 1.19. The van der Waals surface area contributed by atoms with Crippen LogP contribution in [0.2, 0.25) is 0 Å². The lowest BCUT2D eigenvalue weighted by Crippen LogP contribution is -2.16. The number of nitrogens with zero attached hydrogens (tertiary/aromatic N) is 2. The molecule has 0 spiro atoms. The third kappa shape index (κ3) is 2.35. The molecule has 0 bridgehead atoms. The number of nitrogens with one attached hydrogen (secondary N) is 1. The van der Waals surface area contributed by atoms with Gasteiger partial charge in [-0.3, -0.25) is 4.68 Å². The predicted octanol–water partition coefficient (Wildman–Crippen LogP) is 2.28. The highest BCUT2D eigenvalue weighted by Crippen LogP contribution is 2.34. The second-order valence-corrected chi connectivity index (χ2v) is 4.65. The van der Waals surface area contributed by atoms with E-state index in [-0.39, 0.29) is 6.04 Å². The summed E-state index contributed by atoms with van der Waals surface area (Å²) in [5.74, 6) is 0.929. The summed E-state index contributed by atoms with van der Waals surface area (Å²) in [5.41, 5.74) is 1.16. The first-order chi connectivity index (χ1) is 8.30. The van der Waals surface area contributed by atoms with E-state index in [1.165, 1.54) is 4.88 Å². The van der Waals surface area contributed by atoms with Crippen molar-refractivity contribution in [3.63, 3.8) is 0 Å². The fraction of sp³-hybridized carbons (Fsp3) is 0.417. The normalized spacial score (nSPS) is 12.6. The average Bonchev–Trinajstić information content (AvgIpc) is 2.99. The standard InChI is InChI=1S/C12H17N3OS/c1-4-15-8-9(7-14-15)11(13-2)12-10(16-3)5-6-17-12/h5-8,11,13H,4H2,1-3H3. The molecule has 0 aliphatic carbocycles. The molecule has 0 aromatic carbocycles. The Morgan fingerprint density at radius 1 is 1.59 bits per heavy atom. The van der Waals surface area contributed by atoms with Crippen molar-refractivity contribution in [1.82, 2.24) is 15.1 Å². The van der Waals surface area contributed by atoms with Crippen molar-refractivity contribution in [3.8, 4) is 5.75 Å². The quantitative estimate of drug-likeness (QED) is 0.886. The first-order valence-electron chi connectivity index (χ1n) is 5.61. The summed E-state index contributed by atoms with van der Waals surface area (Å²) >= 11 is 1.69. The van der Waals surface area contributed by atoms with E-state index in [0.29, 0.717) is 0 Å². The van der Waals surface area contributed by atoms with Crippen molar-refractivity contribution in [2.45, 2.75) is 19.5 Å². The van der Waals surface area contributed by atoms with Gasteiger partial charge in [-0.25, -0.2) is 0 Å². The fourth-order valence-electron chi connectivity index (χ4n) is 1.84. The van der Waals surface area contributed by atoms with Crippen molar-refractivity contribution in [2.75, 3.05) is 14.2 Å². The van der Waals surface area contributed by atoms with Crippen molar-refractivity contribution in [3.05, 3.63) is 34.3 Å². The van der Waals surface area contributed by atoms with Crippen LogP contribution in [0.15, 0.2) is 23.8 Å². The zero-order valence-corrected chi connectivity index (χ0v) is 11.1. The molecule has 5 heteroatoms. The van der Waals surface area contributed by atoms with Crippen LogP contribution in [-0.2, 0) is 6.54 Å². The zero-order chi connectivity index (χ0) is 12.3. The molecular formula is C12H17N3OS. The van der Waals surface area contributed by atoms with E-state index in [2.05, 4.69) is 23.5 Å². The van der Waals surface area contributed by atoms with E-state index in [9.17, 15) is 0 Å². The Bertz CT molecular complexity index is 478. The SMILES string of the molecule is CCn1cc(C(NC)c2sccc2OC)cn1. The van der Waals surface area contributed by atoms with Gasteiger partial charge in [0, 0.05) is 18.3 Å². The molecule has 1 N–H and O–H groups in total. The molecule has 1 atom stereocenters. The van der Waals surface area contributed by atoms with Crippen LogP contribution in [0, 0.1) is 0 Å². The Balaban J connectivity index is 2.33. The van der Waals surface area contributed by atoms with E-state index in [4.69, 9.17) is 4.74 Å². The molecule has 2 rings (SSSR count). The third-order valence-corrected chi connectivity index (χ3v) is 3.70. The van der Waals surface area contributed by atoms with E-state index in [1.807, 2.05) is 29.4 Å². The number of ether oxygens (including phenoxy) is 1. The van der Waals surface area contributed by atoms with Gasteiger partial charge in [0.15, 0.2) is 0 Å². The molecule has 2 aromatic rings. The number of aromatic nitrogens is 2. The third-order valence-electron chi connectivity index (χ3n) is 2.74. The topological polar surface area (TPSA) is 39.1 Å². The molecule has 0 radical (unpaired) electrons. The smallest absolute Gasteiger partial charge is 0.134 e. The number of aryl methyl sites for hydroxylation is 1. The Kier molecular flexibility index (Phi) is 3.81. The molecule has 2 aromatic heterocycles. The molecule has 0 aliphatic heterocycles. The maximum absolute atomic E-state index is 5.37. The first-order valence-corrected chi connectivity index (χ1v) is 6.49. The lowest BCUT2D eigenvalue weighted by Gasteiger charge is -2.14.